The molecule has 7 nitrogen and oxygen atoms in total. The molecule has 8 heteroatoms. The predicted molar refractivity (Wildman–Crippen MR) is 116 cm³/mol. The van der Waals surface area contributed by atoms with Crippen molar-refractivity contribution in [2.45, 2.75) is 13.5 Å². The Kier molecular flexibility index (Phi) is 5.76. The van der Waals surface area contributed by atoms with Crippen molar-refractivity contribution in [3.05, 3.63) is 111 Å². The Bertz CT molecular complexity index is 1250. The van der Waals surface area contributed by atoms with Gasteiger partial charge in [-0.2, -0.15) is 0 Å². The topological polar surface area (TPSA) is 91.0 Å². The lowest BCUT2D eigenvalue weighted by Gasteiger charge is -2.06. The average molecular weight is 432 g/mol. The highest BCUT2D eigenvalue weighted by molar-refractivity contribution is 6.13. The van der Waals surface area contributed by atoms with Crippen LogP contribution in [0.25, 0.3) is 6.08 Å². The molecule has 0 unspecified atom stereocenters. The average Bonchev–Trinajstić information content (AvgIpc) is 3.14. The van der Waals surface area contributed by atoms with Crippen molar-refractivity contribution >= 4 is 23.6 Å². The molecule has 0 saturated carbocycles. The summed E-state index contributed by atoms with van der Waals surface area (Å²) >= 11 is 0. The van der Waals surface area contributed by atoms with E-state index >= 15 is 0 Å². The summed E-state index contributed by atoms with van der Waals surface area (Å²) in [5, 5.41) is 11.1. The van der Waals surface area contributed by atoms with Crippen LogP contribution in [0.5, 0.6) is 5.75 Å². The van der Waals surface area contributed by atoms with E-state index in [1.54, 1.807) is 55.5 Å². The third-order valence-electron chi connectivity index (χ3n) is 4.86. The van der Waals surface area contributed by atoms with E-state index in [9.17, 15) is 19.3 Å². The van der Waals surface area contributed by atoms with Gasteiger partial charge in [-0.05, 0) is 54.5 Å². The summed E-state index contributed by atoms with van der Waals surface area (Å²) in [6.07, 6.45) is 1.56. The molecule has 0 radical (unpaired) electrons. The van der Waals surface area contributed by atoms with Crippen LogP contribution in [-0.2, 0) is 16.1 Å². The van der Waals surface area contributed by atoms with Gasteiger partial charge in [-0.1, -0.05) is 30.3 Å². The summed E-state index contributed by atoms with van der Waals surface area (Å²) in [6.45, 7) is 1.87. The summed E-state index contributed by atoms with van der Waals surface area (Å²) in [5.41, 5.74) is 2.31. The molecule has 4 rings (SSSR count). The standard InChI is InChI=1S/C24H17FN2O5/c1-15-20(3-2-4-22(15)27(29)30)23-26-21(24(28)32-23)13-16-7-11-19(12-8-16)31-14-17-5-9-18(25)10-6-17/h2-13H,14H2,1H3/b21-13-. The lowest BCUT2D eigenvalue weighted by molar-refractivity contribution is -0.385. The third kappa shape index (κ3) is 4.54. The van der Waals surface area contributed by atoms with Crippen LogP contribution in [0.4, 0.5) is 10.1 Å². The maximum atomic E-state index is 13.0. The fourth-order valence-corrected chi connectivity index (χ4v) is 3.14. The van der Waals surface area contributed by atoms with E-state index in [0.717, 1.165) is 5.56 Å². The van der Waals surface area contributed by atoms with E-state index in [0.29, 0.717) is 29.0 Å². The van der Waals surface area contributed by atoms with Crippen LogP contribution in [0.2, 0.25) is 0 Å². The van der Waals surface area contributed by atoms with E-state index in [-0.39, 0.29) is 23.1 Å². The number of carbonyl (C=O) groups excluding carboxylic acids is 1. The largest absolute Gasteiger partial charge is 0.489 e. The van der Waals surface area contributed by atoms with Crippen LogP contribution >= 0.6 is 0 Å². The lowest BCUT2D eigenvalue weighted by atomic mass is 10.1. The number of ether oxygens (including phenoxy) is 2. The Labute approximate surface area is 182 Å². The van der Waals surface area contributed by atoms with Crippen molar-refractivity contribution in [3.63, 3.8) is 0 Å². The van der Waals surface area contributed by atoms with Gasteiger partial charge in [0.2, 0.25) is 5.90 Å². The number of hydrogen-bond acceptors (Lipinski definition) is 6. The van der Waals surface area contributed by atoms with Gasteiger partial charge in [-0.3, -0.25) is 10.1 Å². The van der Waals surface area contributed by atoms with E-state index in [4.69, 9.17) is 9.47 Å². The third-order valence-corrected chi connectivity index (χ3v) is 4.86. The molecule has 0 amide bonds. The lowest BCUT2D eigenvalue weighted by Crippen LogP contribution is -2.08. The van der Waals surface area contributed by atoms with Crippen LogP contribution in [-0.4, -0.2) is 16.8 Å². The number of nitro groups is 1. The van der Waals surface area contributed by atoms with Crippen LogP contribution in [0.1, 0.15) is 22.3 Å². The van der Waals surface area contributed by atoms with Crippen LogP contribution in [0.15, 0.2) is 77.4 Å². The number of halogens is 1. The van der Waals surface area contributed by atoms with Gasteiger partial charge in [-0.15, -0.1) is 0 Å². The van der Waals surface area contributed by atoms with E-state index in [1.165, 1.54) is 24.3 Å². The van der Waals surface area contributed by atoms with Crippen molar-refractivity contribution < 1.29 is 23.6 Å². The Hall–Kier alpha value is -4.33. The first-order valence-electron chi connectivity index (χ1n) is 9.65. The Morgan fingerprint density at radius 2 is 1.81 bits per heavy atom. The first-order chi connectivity index (χ1) is 15.4. The molecule has 3 aromatic rings. The zero-order valence-electron chi connectivity index (χ0n) is 16.9. The molecule has 0 fully saturated rings. The van der Waals surface area contributed by atoms with Gasteiger partial charge in [0.15, 0.2) is 5.70 Å². The molecular weight excluding hydrogens is 415 g/mol. The van der Waals surface area contributed by atoms with Gasteiger partial charge >= 0.3 is 5.97 Å². The smallest absolute Gasteiger partial charge is 0.363 e. The molecule has 0 N–H and O–H groups in total. The summed E-state index contributed by atoms with van der Waals surface area (Å²) in [7, 11) is 0. The van der Waals surface area contributed by atoms with Gasteiger partial charge in [0, 0.05) is 17.2 Å². The van der Waals surface area contributed by atoms with Gasteiger partial charge < -0.3 is 9.47 Å². The number of cyclic esters (lactones) is 1. The number of esters is 1. The molecule has 1 aliphatic heterocycles. The van der Waals surface area contributed by atoms with Crippen molar-refractivity contribution in [2.75, 3.05) is 0 Å². The summed E-state index contributed by atoms with van der Waals surface area (Å²) in [6, 6.07) is 17.6. The van der Waals surface area contributed by atoms with Crippen molar-refractivity contribution in [1.29, 1.82) is 0 Å². The number of aliphatic imine (C=N–C) groups is 1. The normalized spacial score (nSPS) is 14.2. The maximum Gasteiger partial charge on any atom is 0.363 e. The summed E-state index contributed by atoms with van der Waals surface area (Å²) < 4.78 is 23.9. The minimum Gasteiger partial charge on any atom is -0.489 e. The molecular formula is C24H17FN2O5. The second-order valence-corrected chi connectivity index (χ2v) is 7.03. The fraction of sp³-hybridized carbons (Fsp3) is 0.0833. The SMILES string of the molecule is Cc1c(C2=N/C(=C\c3ccc(OCc4ccc(F)cc4)cc3)C(=O)O2)cccc1[N+](=O)[O-]. The molecule has 1 aliphatic rings. The zero-order valence-corrected chi connectivity index (χ0v) is 16.9. The number of carbonyl (C=O) groups is 1. The van der Waals surface area contributed by atoms with Gasteiger partial charge in [-0.25, -0.2) is 14.2 Å². The Balaban J connectivity index is 1.49. The zero-order chi connectivity index (χ0) is 22.7. The second kappa shape index (κ2) is 8.81. The number of rotatable bonds is 6. The molecule has 160 valence electrons. The molecule has 0 aliphatic carbocycles. The number of nitrogens with zero attached hydrogens (tertiary/aromatic N) is 2. The predicted octanol–water partition coefficient (Wildman–Crippen LogP) is 4.97. The van der Waals surface area contributed by atoms with Gasteiger partial charge in [0.25, 0.3) is 5.69 Å². The molecule has 32 heavy (non-hydrogen) atoms. The first-order valence-corrected chi connectivity index (χ1v) is 9.65. The molecule has 0 bridgehead atoms. The minimum atomic E-state index is -0.637. The maximum absolute atomic E-state index is 13.0. The van der Waals surface area contributed by atoms with Crippen LogP contribution in [0.3, 0.4) is 0 Å². The first kappa shape index (κ1) is 20.9. The minimum absolute atomic E-state index is 0.0294. The number of hydrogen-bond donors (Lipinski definition) is 0. The monoisotopic (exact) mass is 432 g/mol. The van der Waals surface area contributed by atoms with Gasteiger partial charge in [0.05, 0.1) is 4.92 Å². The summed E-state index contributed by atoms with van der Waals surface area (Å²) in [4.78, 5) is 27.1. The van der Waals surface area contributed by atoms with Crippen molar-refractivity contribution in [2.24, 2.45) is 4.99 Å². The van der Waals surface area contributed by atoms with E-state index < -0.39 is 10.9 Å². The molecule has 0 saturated heterocycles. The molecule has 3 aromatic carbocycles. The fourth-order valence-electron chi connectivity index (χ4n) is 3.14. The Morgan fingerprint density at radius 3 is 2.50 bits per heavy atom. The molecule has 0 aromatic heterocycles. The van der Waals surface area contributed by atoms with Crippen LogP contribution in [0, 0.1) is 22.9 Å². The van der Waals surface area contributed by atoms with Crippen molar-refractivity contribution in [3.8, 4) is 5.75 Å². The highest BCUT2D eigenvalue weighted by Crippen LogP contribution is 2.26. The highest BCUT2D eigenvalue weighted by atomic mass is 19.1. The summed E-state index contributed by atoms with van der Waals surface area (Å²) in [5.74, 6) is -0.297. The number of nitro benzene ring substituents is 1. The second-order valence-electron chi connectivity index (χ2n) is 7.03. The Morgan fingerprint density at radius 1 is 1.09 bits per heavy atom. The quantitative estimate of drug-likeness (QED) is 0.237. The van der Waals surface area contributed by atoms with Gasteiger partial charge in [0.1, 0.15) is 18.2 Å². The molecule has 0 spiro atoms. The molecule has 1 heterocycles. The van der Waals surface area contributed by atoms with E-state index in [2.05, 4.69) is 4.99 Å². The molecule has 0 atom stereocenters. The highest BCUT2D eigenvalue weighted by Gasteiger charge is 2.27. The van der Waals surface area contributed by atoms with Crippen molar-refractivity contribution in [1.82, 2.24) is 0 Å². The van der Waals surface area contributed by atoms with E-state index in [1.807, 2.05) is 0 Å². The van der Waals surface area contributed by atoms with Crippen LogP contribution < -0.4 is 4.74 Å². The number of benzene rings is 3.